The highest BCUT2D eigenvalue weighted by molar-refractivity contribution is 6.30. The van der Waals surface area contributed by atoms with E-state index in [9.17, 15) is 9.90 Å². The van der Waals surface area contributed by atoms with E-state index in [0.29, 0.717) is 16.5 Å². The van der Waals surface area contributed by atoms with Crippen LogP contribution in [0.3, 0.4) is 0 Å². The van der Waals surface area contributed by atoms with E-state index < -0.39 is 12.0 Å². The third-order valence-electron chi connectivity index (χ3n) is 6.58. The first-order valence-corrected chi connectivity index (χ1v) is 10.4. The smallest absolute Gasteiger partial charge is 0.149 e. The largest absolute Gasteiger partial charge is 0.457 e. The van der Waals surface area contributed by atoms with Crippen LogP contribution >= 0.6 is 11.6 Å². The van der Waals surface area contributed by atoms with Crippen molar-refractivity contribution in [3.8, 4) is 11.5 Å². The van der Waals surface area contributed by atoms with Crippen LogP contribution in [0, 0.1) is 11.8 Å². The molecule has 2 bridgehead atoms. The average Bonchev–Trinajstić information content (AvgIpc) is 3.37. The van der Waals surface area contributed by atoms with Crippen molar-refractivity contribution in [3.63, 3.8) is 0 Å². The van der Waals surface area contributed by atoms with Gasteiger partial charge in [-0.1, -0.05) is 24.6 Å². The summed E-state index contributed by atoms with van der Waals surface area (Å²) in [6.07, 6.45) is 1.99. The highest BCUT2D eigenvalue weighted by atomic mass is 35.5. The number of rotatable bonds is 4. The van der Waals surface area contributed by atoms with E-state index in [1.54, 1.807) is 12.1 Å². The summed E-state index contributed by atoms with van der Waals surface area (Å²) in [6.45, 7) is 2.07. The van der Waals surface area contributed by atoms with Crippen LogP contribution < -0.4 is 4.74 Å². The Balaban J connectivity index is 1.48. The second kappa shape index (κ2) is 6.87. The average molecular weight is 399 g/mol. The minimum Gasteiger partial charge on any atom is -0.457 e. The second-order valence-electron chi connectivity index (χ2n) is 8.03. The third-order valence-corrected chi connectivity index (χ3v) is 6.84. The van der Waals surface area contributed by atoms with Crippen molar-refractivity contribution in [1.82, 2.24) is 0 Å². The van der Waals surface area contributed by atoms with Crippen molar-refractivity contribution >= 4 is 17.4 Å². The number of aryl methyl sites for hydroxylation is 1. The van der Waals surface area contributed by atoms with Gasteiger partial charge in [-0.15, -0.1) is 0 Å². The molecule has 6 unspecified atom stereocenters. The van der Waals surface area contributed by atoms with E-state index in [1.165, 1.54) is 0 Å². The first-order valence-electron chi connectivity index (χ1n) is 10.0. The SMILES string of the molecule is CCc1ccc(Oc2ccc(Cl)cc2)cc1C1C(=O)C2C3CCC(O3)C2C1O. The molecule has 6 atom stereocenters. The summed E-state index contributed by atoms with van der Waals surface area (Å²) in [5.74, 6) is 0.742. The summed E-state index contributed by atoms with van der Waals surface area (Å²) in [6, 6.07) is 13.0. The van der Waals surface area contributed by atoms with Crippen LogP contribution in [-0.4, -0.2) is 29.2 Å². The Morgan fingerprint density at radius 2 is 1.82 bits per heavy atom. The quantitative estimate of drug-likeness (QED) is 0.822. The number of Topliss-reactive ketones (excluding diaryl/α,β-unsaturated/α-hetero) is 1. The van der Waals surface area contributed by atoms with Gasteiger partial charge < -0.3 is 14.6 Å². The second-order valence-corrected chi connectivity index (χ2v) is 8.47. The van der Waals surface area contributed by atoms with Crippen molar-refractivity contribution in [2.75, 3.05) is 0 Å². The lowest BCUT2D eigenvalue weighted by molar-refractivity contribution is -0.124. The molecule has 5 rings (SSSR count). The molecule has 0 spiro atoms. The van der Waals surface area contributed by atoms with Gasteiger partial charge in [-0.3, -0.25) is 4.79 Å². The van der Waals surface area contributed by atoms with E-state index in [0.717, 1.165) is 30.4 Å². The zero-order valence-electron chi connectivity index (χ0n) is 15.7. The lowest BCUT2D eigenvalue weighted by Crippen LogP contribution is -2.31. The fourth-order valence-electron chi connectivity index (χ4n) is 5.34. The molecule has 1 aliphatic carbocycles. The van der Waals surface area contributed by atoms with Crippen molar-refractivity contribution < 1.29 is 19.4 Å². The molecular weight excluding hydrogens is 376 g/mol. The van der Waals surface area contributed by atoms with Gasteiger partial charge in [0.25, 0.3) is 0 Å². The van der Waals surface area contributed by atoms with Gasteiger partial charge in [-0.2, -0.15) is 0 Å². The Morgan fingerprint density at radius 1 is 1.11 bits per heavy atom. The zero-order chi connectivity index (χ0) is 19.4. The van der Waals surface area contributed by atoms with Gasteiger partial charge in [0.2, 0.25) is 0 Å². The van der Waals surface area contributed by atoms with Crippen LogP contribution in [0.4, 0.5) is 0 Å². The van der Waals surface area contributed by atoms with Crippen molar-refractivity contribution in [3.05, 3.63) is 58.6 Å². The Morgan fingerprint density at radius 3 is 2.54 bits per heavy atom. The Labute approximate surface area is 169 Å². The number of hydrogen-bond donors (Lipinski definition) is 1. The fraction of sp³-hybridized carbons (Fsp3) is 0.435. The van der Waals surface area contributed by atoms with Crippen LogP contribution in [0.5, 0.6) is 11.5 Å². The number of hydrogen-bond acceptors (Lipinski definition) is 4. The zero-order valence-corrected chi connectivity index (χ0v) is 16.4. The molecule has 3 fully saturated rings. The maximum Gasteiger partial charge on any atom is 0.149 e. The predicted molar refractivity (Wildman–Crippen MR) is 106 cm³/mol. The molecule has 4 nitrogen and oxygen atoms in total. The summed E-state index contributed by atoms with van der Waals surface area (Å²) in [5, 5.41) is 11.7. The molecule has 0 aromatic heterocycles. The van der Waals surface area contributed by atoms with Gasteiger partial charge in [0.05, 0.1) is 30.1 Å². The highest BCUT2D eigenvalue weighted by Gasteiger charge is 2.62. The summed E-state index contributed by atoms with van der Waals surface area (Å²) < 4.78 is 11.9. The minimum atomic E-state index is -0.691. The van der Waals surface area contributed by atoms with E-state index in [4.69, 9.17) is 21.1 Å². The lowest BCUT2D eigenvalue weighted by Gasteiger charge is -2.23. The molecule has 5 heteroatoms. The van der Waals surface area contributed by atoms with Crippen LogP contribution in [0.2, 0.25) is 5.02 Å². The number of benzene rings is 2. The van der Waals surface area contributed by atoms with Gasteiger partial charge in [0.15, 0.2) is 0 Å². The standard InChI is InChI=1S/C23H23ClO4/c1-2-12-3-6-15(27-14-7-4-13(24)5-8-14)11-16(12)19-22(25)20-17-9-10-18(28-17)21(20)23(19)26/h3-8,11,17-22,25H,2,9-10H2,1H3. The molecule has 0 radical (unpaired) electrons. The monoisotopic (exact) mass is 398 g/mol. The summed E-state index contributed by atoms with van der Waals surface area (Å²) in [5.41, 5.74) is 1.97. The number of ketones is 1. The molecular formula is C23H23ClO4. The maximum absolute atomic E-state index is 13.3. The number of carbonyl (C=O) groups is 1. The molecule has 2 heterocycles. The van der Waals surface area contributed by atoms with Gasteiger partial charge in [-0.05, 0) is 66.8 Å². The first-order chi connectivity index (χ1) is 13.6. The molecule has 28 heavy (non-hydrogen) atoms. The number of halogens is 1. The Bertz CT molecular complexity index is 909. The molecule has 0 amide bonds. The van der Waals surface area contributed by atoms with Crippen LogP contribution in [0.25, 0.3) is 0 Å². The van der Waals surface area contributed by atoms with Crippen molar-refractivity contribution in [2.24, 2.45) is 11.8 Å². The lowest BCUT2D eigenvalue weighted by atomic mass is 9.81. The van der Waals surface area contributed by atoms with Crippen LogP contribution in [0.1, 0.15) is 36.8 Å². The Kier molecular flexibility index (Phi) is 4.46. The van der Waals surface area contributed by atoms with E-state index in [1.807, 2.05) is 30.3 Å². The van der Waals surface area contributed by atoms with Crippen molar-refractivity contribution in [2.45, 2.75) is 50.4 Å². The minimum absolute atomic E-state index is 0.0132. The summed E-state index contributed by atoms with van der Waals surface area (Å²) >= 11 is 5.94. The van der Waals surface area contributed by atoms with Gasteiger partial charge in [0, 0.05) is 10.9 Å². The number of ether oxygens (including phenoxy) is 2. The third kappa shape index (κ3) is 2.78. The molecule has 146 valence electrons. The normalized spacial score (nSPS) is 33.3. The molecule has 1 N–H and O–H groups in total. The topological polar surface area (TPSA) is 55.8 Å². The van der Waals surface area contributed by atoms with Crippen molar-refractivity contribution in [1.29, 1.82) is 0 Å². The molecule has 2 aliphatic heterocycles. The molecule has 2 saturated heterocycles. The molecule has 2 aromatic rings. The highest BCUT2D eigenvalue weighted by Crippen LogP contribution is 2.54. The maximum atomic E-state index is 13.3. The first kappa shape index (κ1) is 18.2. The van der Waals surface area contributed by atoms with Crippen LogP contribution in [-0.2, 0) is 16.0 Å². The number of aliphatic hydroxyl groups excluding tert-OH is 1. The fourth-order valence-corrected chi connectivity index (χ4v) is 5.47. The van der Waals surface area contributed by atoms with Gasteiger partial charge in [-0.25, -0.2) is 0 Å². The van der Waals surface area contributed by atoms with Gasteiger partial charge >= 0.3 is 0 Å². The van der Waals surface area contributed by atoms with Gasteiger partial charge in [0.1, 0.15) is 17.3 Å². The summed E-state index contributed by atoms with van der Waals surface area (Å²) in [7, 11) is 0. The number of aliphatic hydroxyl groups is 1. The van der Waals surface area contributed by atoms with E-state index >= 15 is 0 Å². The molecule has 2 aromatic carbocycles. The molecule has 1 saturated carbocycles. The molecule has 3 aliphatic rings. The number of carbonyl (C=O) groups excluding carboxylic acids is 1. The van der Waals surface area contributed by atoms with E-state index in [2.05, 4.69) is 6.92 Å². The van der Waals surface area contributed by atoms with E-state index in [-0.39, 0.29) is 29.8 Å². The predicted octanol–water partition coefficient (Wildman–Crippen LogP) is 4.52. The van der Waals surface area contributed by atoms with Crippen LogP contribution in [0.15, 0.2) is 42.5 Å². The number of fused-ring (bicyclic) bond motifs is 5. The Hall–Kier alpha value is -1.88. The summed E-state index contributed by atoms with van der Waals surface area (Å²) in [4.78, 5) is 13.3.